The molecule has 0 amide bonds. The monoisotopic (exact) mass is 840 g/mol. The molecule has 0 radical (unpaired) electrons. The van der Waals surface area contributed by atoms with Gasteiger partial charge in [-0.15, -0.1) is 6.58 Å². The summed E-state index contributed by atoms with van der Waals surface area (Å²) in [5.41, 5.74) is 2.03. The largest absolute Gasteiger partial charge is 0.497 e. The number of carbonyl (C=O) groups excluding carboxylic acids is 1. The van der Waals surface area contributed by atoms with Gasteiger partial charge >= 0.3 is 5.97 Å². The molecule has 2 fully saturated rings. The molecule has 3 aromatic carbocycles. The first kappa shape index (κ1) is 44.7. The molecule has 0 bridgehead atoms. The van der Waals surface area contributed by atoms with E-state index in [1.54, 1.807) is 20.3 Å². The number of methoxy groups -OCH3 is 2. The minimum Gasteiger partial charge on any atom is -0.497 e. The van der Waals surface area contributed by atoms with Gasteiger partial charge in [0.2, 0.25) is 0 Å². The van der Waals surface area contributed by atoms with E-state index in [-0.39, 0.29) is 31.8 Å². The molecule has 12 nitrogen and oxygen atoms in total. The van der Waals surface area contributed by atoms with E-state index in [9.17, 15) is 4.79 Å². The standard InChI is InChI=1S/C49H60O12/c1-7-37-38(17-13-18-39-43(57-37)31-56-48(60-39)34-21-25-36(52-6)26-22-34)58-42(47(50)61-49(2,3)4)28-41-45(54-30-33-19-23-35(51-5)24-20-33)46(55-29-32-14-9-8-10-15-32)44-40(59-41)16-11-12-27-53-44/h7-15,18-26,37-46,48H,1,16-17,27-31H2,2-6H3/b18-13-/t37-,38+,39-,40-,41+,42?,43+,44-,45+,46+,48+/m0/s1. The van der Waals surface area contributed by atoms with Crippen LogP contribution in [0, 0.1) is 0 Å². The molecule has 0 aliphatic carbocycles. The molecule has 4 heterocycles. The first-order valence-electron chi connectivity index (χ1n) is 21.2. The van der Waals surface area contributed by atoms with Crippen molar-refractivity contribution in [2.24, 2.45) is 0 Å². The minimum absolute atomic E-state index is 0.103. The molecular weight excluding hydrogens is 781 g/mol. The second-order valence-electron chi connectivity index (χ2n) is 16.6. The van der Waals surface area contributed by atoms with Crippen LogP contribution in [0.15, 0.2) is 116 Å². The summed E-state index contributed by atoms with van der Waals surface area (Å²) in [7, 11) is 3.27. The van der Waals surface area contributed by atoms with Gasteiger partial charge in [0.05, 0.1) is 59.0 Å². The SMILES string of the molecule is C=C[C@@H]1O[C@@H]2CO[C@@H](c3ccc(OC)cc3)O[C@H]2/C=C\C[C@H]1OC(C[C@H]1O[C@H]2CC=CCO[C@@H]2[C@@H](OCc2ccccc2)[C@@H]1OCc1ccc(OC)cc1)C(=O)OC(C)(C)C. The molecule has 11 atom stereocenters. The van der Waals surface area contributed by atoms with Crippen molar-refractivity contribution in [3.05, 3.63) is 133 Å². The predicted molar refractivity (Wildman–Crippen MR) is 227 cm³/mol. The highest BCUT2D eigenvalue weighted by Crippen LogP contribution is 2.37. The van der Waals surface area contributed by atoms with Gasteiger partial charge in [-0.3, -0.25) is 0 Å². The molecule has 0 N–H and O–H groups in total. The Bertz CT molecular complexity index is 1890. The van der Waals surface area contributed by atoms with Gasteiger partial charge in [-0.25, -0.2) is 4.79 Å². The summed E-state index contributed by atoms with van der Waals surface area (Å²) in [6.07, 6.45) is 4.42. The first-order valence-corrected chi connectivity index (χ1v) is 21.2. The second kappa shape index (κ2) is 21.1. The Kier molecular flexibility index (Phi) is 15.5. The fraction of sp³-hybridized carbons (Fsp3) is 0.490. The Labute approximate surface area is 359 Å². The molecule has 7 rings (SSSR count). The summed E-state index contributed by atoms with van der Waals surface area (Å²) in [6.45, 7) is 10.9. The molecule has 12 heteroatoms. The highest BCUT2D eigenvalue weighted by atomic mass is 16.7. The van der Waals surface area contributed by atoms with Gasteiger partial charge in [0.1, 0.15) is 53.7 Å². The molecule has 1 unspecified atom stereocenters. The number of esters is 1. The third-order valence-corrected chi connectivity index (χ3v) is 11.1. The van der Waals surface area contributed by atoms with Gasteiger partial charge in [0.15, 0.2) is 12.4 Å². The lowest BCUT2D eigenvalue weighted by molar-refractivity contribution is -0.271. The number of carbonyl (C=O) groups is 1. The smallest absolute Gasteiger partial charge is 0.335 e. The van der Waals surface area contributed by atoms with Gasteiger partial charge in [0.25, 0.3) is 0 Å². The van der Waals surface area contributed by atoms with E-state index in [2.05, 4.69) is 12.7 Å². The summed E-state index contributed by atoms with van der Waals surface area (Å²) in [5, 5.41) is 0. The molecule has 0 aromatic heterocycles. The van der Waals surface area contributed by atoms with Crippen LogP contribution in [0.2, 0.25) is 0 Å². The Balaban J connectivity index is 1.15. The van der Waals surface area contributed by atoms with Crippen molar-refractivity contribution in [1.29, 1.82) is 0 Å². The van der Waals surface area contributed by atoms with Crippen LogP contribution in [-0.4, -0.2) is 100 Å². The Morgan fingerprint density at radius 2 is 1.48 bits per heavy atom. The lowest BCUT2D eigenvalue weighted by Crippen LogP contribution is -2.61. The molecule has 0 spiro atoms. The molecular formula is C49H60O12. The van der Waals surface area contributed by atoms with E-state index in [0.717, 1.165) is 28.2 Å². The summed E-state index contributed by atoms with van der Waals surface area (Å²) >= 11 is 0. The van der Waals surface area contributed by atoms with Crippen molar-refractivity contribution in [3.63, 3.8) is 0 Å². The quantitative estimate of drug-likeness (QED) is 0.110. The van der Waals surface area contributed by atoms with Crippen molar-refractivity contribution < 1.29 is 56.9 Å². The second-order valence-corrected chi connectivity index (χ2v) is 16.6. The maximum absolute atomic E-state index is 14.3. The Morgan fingerprint density at radius 3 is 2.16 bits per heavy atom. The Morgan fingerprint density at radius 1 is 0.787 bits per heavy atom. The third-order valence-electron chi connectivity index (χ3n) is 11.1. The number of fused-ring (bicyclic) bond motifs is 2. The van der Waals surface area contributed by atoms with Crippen LogP contribution in [0.5, 0.6) is 11.5 Å². The maximum atomic E-state index is 14.3. The third kappa shape index (κ3) is 12.0. The zero-order valence-electron chi connectivity index (χ0n) is 35.8. The van der Waals surface area contributed by atoms with E-state index >= 15 is 0 Å². The molecule has 2 saturated heterocycles. The summed E-state index contributed by atoms with van der Waals surface area (Å²) in [4.78, 5) is 14.3. The molecule has 3 aromatic rings. The Hall–Kier alpha value is -4.37. The van der Waals surface area contributed by atoms with E-state index in [0.29, 0.717) is 26.1 Å². The van der Waals surface area contributed by atoms with Gasteiger partial charge in [-0.05, 0) is 69.0 Å². The van der Waals surface area contributed by atoms with Crippen LogP contribution in [0.25, 0.3) is 0 Å². The van der Waals surface area contributed by atoms with Crippen molar-refractivity contribution in [1.82, 2.24) is 0 Å². The van der Waals surface area contributed by atoms with E-state index < -0.39 is 66.7 Å². The number of hydrogen-bond acceptors (Lipinski definition) is 12. The predicted octanol–water partition coefficient (Wildman–Crippen LogP) is 7.79. The van der Waals surface area contributed by atoms with Crippen molar-refractivity contribution >= 4 is 5.97 Å². The molecule has 328 valence electrons. The van der Waals surface area contributed by atoms with E-state index in [1.807, 2.05) is 118 Å². The number of hydrogen-bond donors (Lipinski definition) is 0. The maximum Gasteiger partial charge on any atom is 0.335 e. The van der Waals surface area contributed by atoms with E-state index in [1.165, 1.54) is 0 Å². The van der Waals surface area contributed by atoms with E-state index in [4.69, 9.17) is 52.1 Å². The van der Waals surface area contributed by atoms with Gasteiger partial charge < -0.3 is 52.1 Å². The van der Waals surface area contributed by atoms with Crippen molar-refractivity contribution in [2.75, 3.05) is 27.4 Å². The van der Waals surface area contributed by atoms with Crippen LogP contribution in [-0.2, 0) is 60.6 Å². The highest BCUT2D eigenvalue weighted by molar-refractivity contribution is 5.75. The van der Waals surface area contributed by atoms with Crippen LogP contribution in [0.3, 0.4) is 0 Å². The van der Waals surface area contributed by atoms with Gasteiger partial charge in [-0.1, -0.05) is 85.0 Å². The minimum atomic E-state index is -1.08. The number of rotatable bonds is 15. The summed E-state index contributed by atoms with van der Waals surface area (Å²) < 4.78 is 69.7. The topological polar surface area (TPSA) is 119 Å². The average molecular weight is 841 g/mol. The fourth-order valence-corrected chi connectivity index (χ4v) is 7.98. The molecule has 4 aliphatic heterocycles. The van der Waals surface area contributed by atoms with Crippen LogP contribution in [0.4, 0.5) is 0 Å². The fourth-order valence-electron chi connectivity index (χ4n) is 7.98. The van der Waals surface area contributed by atoms with Crippen molar-refractivity contribution in [3.8, 4) is 11.5 Å². The lowest BCUT2D eigenvalue weighted by Gasteiger charge is -2.46. The van der Waals surface area contributed by atoms with Crippen LogP contribution in [0.1, 0.15) is 63.0 Å². The van der Waals surface area contributed by atoms with Gasteiger partial charge in [-0.2, -0.15) is 0 Å². The molecule has 61 heavy (non-hydrogen) atoms. The zero-order valence-corrected chi connectivity index (χ0v) is 35.8. The molecule has 4 aliphatic rings. The highest BCUT2D eigenvalue weighted by Gasteiger charge is 2.50. The van der Waals surface area contributed by atoms with Crippen molar-refractivity contribution in [2.45, 2.75) is 126 Å². The summed E-state index contributed by atoms with van der Waals surface area (Å²) in [6, 6.07) is 25.3. The van der Waals surface area contributed by atoms with Gasteiger partial charge in [0, 0.05) is 12.0 Å². The number of ether oxygens (including phenoxy) is 11. The lowest BCUT2D eigenvalue weighted by atomic mass is 9.90. The normalized spacial score (nSPS) is 30.0. The zero-order chi connectivity index (χ0) is 42.8. The average Bonchev–Trinajstić information content (AvgIpc) is 3.51. The van der Waals surface area contributed by atoms with Crippen LogP contribution < -0.4 is 9.47 Å². The summed E-state index contributed by atoms with van der Waals surface area (Å²) in [5.74, 6) is 0.969. The first-order chi connectivity index (χ1) is 29.6. The number of benzene rings is 3. The molecule has 0 saturated carbocycles. The van der Waals surface area contributed by atoms with Crippen LogP contribution >= 0.6 is 0 Å².